The number of hydrogen-bond donors (Lipinski definition) is 4. The molecule has 3 heterocycles. The molecule has 0 saturated heterocycles. The number of hydrogen-bond acceptors (Lipinski definition) is 8. The van der Waals surface area contributed by atoms with Gasteiger partial charge in [-0.15, -0.1) is 0 Å². The van der Waals surface area contributed by atoms with Crippen molar-refractivity contribution in [1.82, 2.24) is 0 Å². The lowest BCUT2D eigenvalue weighted by molar-refractivity contribution is -0.668. The van der Waals surface area contributed by atoms with E-state index in [4.69, 9.17) is 0 Å². The van der Waals surface area contributed by atoms with Crippen LogP contribution in [0.2, 0.25) is 0 Å². The summed E-state index contributed by atoms with van der Waals surface area (Å²) >= 11 is 1.65. The second-order valence-corrected chi connectivity index (χ2v) is 17.6. The summed E-state index contributed by atoms with van der Waals surface area (Å²) < 4.78 is 36.1. The summed E-state index contributed by atoms with van der Waals surface area (Å²) in [5, 5.41) is 17.3. The Morgan fingerprint density at radius 2 is 1.80 bits per heavy atom. The van der Waals surface area contributed by atoms with Crippen molar-refractivity contribution in [2.24, 2.45) is 0 Å². The lowest BCUT2D eigenvalue weighted by Gasteiger charge is -2.32. The Hall–Kier alpha value is -5.76. The van der Waals surface area contributed by atoms with E-state index in [0.29, 0.717) is 44.6 Å². The van der Waals surface area contributed by atoms with E-state index in [1.165, 1.54) is 0 Å². The van der Waals surface area contributed by atoms with Gasteiger partial charge in [0, 0.05) is 49.4 Å². The third kappa shape index (κ3) is 10.3. The molecule has 13 heteroatoms. The number of carboxylic acid groups (broad SMARTS) is 1. The van der Waals surface area contributed by atoms with Crippen molar-refractivity contribution in [3.8, 4) is 11.1 Å². The number of anilines is 4. The van der Waals surface area contributed by atoms with Crippen LogP contribution in [0.4, 0.5) is 22.7 Å². The van der Waals surface area contributed by atoms with Gasteiger partial charge in [-0.3, -0.25) is 9.35 Å². The number of allylic oxidation sites excluding steroid dienone is 2. The molecule has 11 nitrogen and oxygen atoms in total. The topological polar surface area (TPSA) is 143 Å². The third-order valence-corrected chi connectivity index (χ3v) is 12.6. The lowest BCUT2D eigenvalue weighted by atomic mass is 10.1. The van der Waals surface area contributed by atoms with Gasteiger partial charge in [-0.25, -0.2) is 4.79 Å². The van der Waals surface area contributed by atoms with Gasteiger partial charge in [0.2, 0.25) is 11.4 Å². The predicted octanol–water partition coefficient (Wildman–Crippen LogP) is 9.04. The van der Waals surface area contributed by atoms with Crippen molar-refractivity contribution in [2.75, 3.05) is 39.3 Å². The summed E-state index contributed by atoms with van der Waals surface area (Å²) in [4.78, 5) is 29.1. The van der Waals surface area contributed by atoms with Crippen molar-refractivity contribution in [3.05, 3.63) is 131 Å². The fourth-order valence-corrected chi connectivity index (χ4v) is 9.26. The average molecular weight is 833 g/mol. The number of thiazole rings is 1. The molecule has 0 radical (unpaired) electrons. The molecule has 1 atom stereocenters. The molecule has 0 aliphatic carbocycles. The Kier molecular flexibility index (Phi) is 12.9. The Balaban J connectivity index is 1.08. The molecule has 2 aliphatic rings. The molecule has 306 valence electrons. The normalized spacial score (nSPS) is 16.1. The molecule has 5 aromatic rings. The van der Waals surface area contributed by atoms with Gasteiger partial charge in [0.25, 0.3) is 15.1 Å². The monoisotopic (exact) mass is 832 g/mol. The van der Waals surface area contributed by atoms with Gasteiger partial charge in [0.1, 0.15) is 16.6 Å². The predicted molar refractivity (Wildman–Crippen MR) is 238 cm³/mol. The van der Waals surface area contributed by atoms with E-state index >= 15 is 0 Å². The molecule has 59 heavy (non-hydrogen) atoms. The summed E-state index contributed by atoms with van der Waals surface area (Å²) in [6.07, 6.45) is 11.4. The lowest BCUT2D eigenvalue weighted by Crippen LogP contribution is -2.43. The number of carbonyl (C=O) groups is 2. The minimum atomic E-state index is -4.10. The number of unbranched alkanes of at least 4 members (excludes halogenated alkanes) is 1. The third-order valence-electron chi connectivity index (χ3n) is 10.6. The Labute approximate surface area is 349 Å². The Morgan fingerprint density at radius 1 is 0.966 bits per heavy atom. The highest BCUT2D eigenvalue weighted by atomic mass is 32.2. The van der Waals surface area contributed by atoms with Crippen molar-refractivity contribution < 1.29 is 32.2 Å². The number of aromatic nitrogens is 1. The van der Waals surface area contributed by atoms with Crippen molar-refractivity contribution >= 4 is 72.4 Å². The van der Waals surface area contributed by atoms with Crippen LogP contribution >= 0.6 is 11.3 Å². The maximum atomic E-state index is 13.1. The second kappa shape index (κ2) is 18.4. The first kappa shape index (κ1) is 41.4. The van der Waals surface area contributed by atoms with Crippen LogP contribution < -0.4 is 25.0 Å². The van der Waals surface area contributed by atoms with Crippen LogP contribution in [0.3, 0.4) is 0 Å². The summed E-state index contributed by atoms with van der Waals surface area (Å²) in [6.45, 7) is 5.80. The maximum Gasteiger partial charge on any atom is 0.326 e. The van der Waals surface area contributed by atoms with Crippen LogP contribution in [0, 0.1) is 6.92 Å². The van der Waals surface area contributed by atoms with Crippen LogP contribution in [-0.2, 0) is 26.3 Å². The molecule has 0 fully saturated rings. The first-order chi connectivity index (χ1) is 28.5. The molecule has 2 aliphatic heterocycles. The van der Waals surface area contributed by atoms with E-state index in [2.05, 4.69) is 94.6 Å². The Bertz CT molecular complexity index is 2550. The zero-order valence-electron chi connectivity index (χ0n) is 33.3. The van der Waals surface area contributed by atoms with Crippen LogP contribution in [0.1, 0.15) is 56.0 Å². The van der Waals surface area contributed by atoms with Gasteiger partial charge in [0.05, 0.1) is 17.1 Å². The first-order valence-electron chi connectivity index (χ1n) is 20.0. The summed E-state index contributed by atoms with van der Waals surface area (Å²) in [5.41, 5.74) is 8.88. The standard InChI is InChI=1S/C46H49N5O6S2/c1-3-33(29-45-51(25-12-26-59(55,56)57)41-30-35(20-22-42(41)58-45)34-13-5-4-6-14-34)28-43-48-38-21-19-32(2)27-40(38)50(43)24-10-8-18-44(52)47-36-15-11-16-37(31-36)49-23-9-7-17-39(49)46(53)54/h4-7,9,11,13-16,19-22,27-31,39H,3,8,10,12,17-18,23-26H2,1-2H3,(H3,47,52,53,54,55,56,57)/p+1. The minimum Gasteiger partial charge on any atom is -0.480 e. The molecule has 4 N–H and O–H groups in total. The first-order valence-corrected chi connectivity index (χ1v) is 22.5. The van der Waals surface area contributed by atoms with E-state index in [0.717, 1.165) is 73.2 Å². The number of carboxylic acids is 1. The van der Waals surface area contributed by atoms with Crippen LogP contribution in [0.5, 0.6) is 0 Å². The van der Waals surface area contributed by atoms with Crippen LogP contribution in [0.15, 0.2) is 121 Å². The number of fused-ring (bicyclic) bond motifs is 2. The van der Waals surface area contributed by atoms with Crippen LogP contribution in [-0.4, -0.2) is 54.8 Å². The molecule has 1 amide bonds. The number of rotatable bonds is 16. The molecule has 1 aromatic heterocycles. The van der Waals surface area contributed by atoms with Gasteiger partial charge in [-0.2, -0.15) is 13.0 Å². The van der Waals surface area contributed by atoms with E-state index in [9.17, 15) is 27.7 Å². The highest BCUT2D eigenvalue weighted by molar-refractivity contribution is 7.85. The second-order valence-electron chi connectivity index (χ2n) is 14.9. The molecule has 0 bridgehead atoms. The van der Waals surface area contributed by atoms with E-state index in [-0.39, 0.29) is 18.1 Å². The molecule has 7 rings (SSSR count). The molecule has 4 aromatic carbocycles. The van der Waals surface area contributed by atoms with Crippen molar-refractivity contribution in [1.29, 1.82) is 0 Å². The number of carbonyl (C=O) groups excluding carboxylic acids is 1. The molecule has 0 spiro atoms. The number of nitrogens with zero attached hydrogens (tertiary/aromatic N) is 3. The van der Waals surface area contributed by atoms with E-state index in [1.54, 1.807) is 11.3 Å². The van der Waals surface area contributed by atoms with E-state index < -0.39 is 22.1 Å². The van der Waals surface area contributed by atoms with Gasteiger partial charge in [0.15, 0.2) is 6.54 Å². The largest absolute Gasteiger partial charge is 0.480 e. The highest BCUT2D eigenvalue weighted by Gasteiger charge is 2.27. The molecular formula is C46H50N5O6S2+. The number of aryl methyl sites for hydroxylation is 2. The molecule has 1 unspecified atom stereocenters. The summed E-state index contributed by atoms with van der Waals surface area (Å²) in [7, 11) is -4.10. The molecular weight excluding hydrogens is 783 g/mol. The smallest absolute Gasteiger partial charge is 0.326 e. The van der Waals surface area contributed by atoms with Gasteiger partial charge in [-0.05, 0) is 97.3 Å². The van der Waals surface area contributed by atoms with Gasteiger partial charge >= 0.3 is 5.97 Å². The van der Waals surface area contributed by atoms with Gasteiger partial charge < -0.3 is 25.5 Å². The van der Waals surface area contributed by atoms with Crippen molar-refractivity contribution in [3.63, 3.8) is 0 Å². The SMILES string of the molecule is CCC(=Cc1sc2ccc(-c3ccccc3)cc2[n+]1CCCS(=O)(=O)O)C=C1Nc2ccc(C)cc2N1CCCCC(=O)Nc1cccc(N2CC=CCC2C(=O)O)c1. The zero-order chi connectivity index (χ0) is 41.5. The fourth-order valence-electron chi connectivity index (χ4n) is 7.62. The number of nitrogens with one attached hydrogen (secondary N) is 2. The number of amides is 1. The zero-order valence-corrected chi connectivity index (χ0v) is 34.9. The van der Waals surface area contributed by atoms with E-state index in [1.807, 2.05) is 59.5 Å². The highest BCUT2D eigenvalue weighted by Crippen LogP contribution is 2.38. The van der Waals surface area contributed by atoms with Gasteiger partial charge in [-0.1, -0.05) is 78.9 Å². The quantitative estimate of drug-likeness (QED) is 0.0332. The average Bonchev–Trinajstić information content (AvgIpc) is 3.74. The minimum absolute atomic E-state index is 0.0950. The maximum absolute atomic E-state index is 13.1. The number of benzene rings is 4. The van der Waals surface area contributed by atoms with Crippen molar-refractivity contribution in [2.45, 2.75) is 65.0 Å². The van der Waals surface area contributed by atoms with Crippen LogP contribution in [0.25, 0.3) is 27.4 Å². The Morgan fingerprint density at radius 3 is 2.58 bits per heavy atom. The fraction of sp³-hybridized carbons (Fsp3) is 0.283. The number of aliphatic carboxylic acids is 1. The summed E-state index contributed by atoms with van der Waals surface area (Å²) in [5.74, 6) is -0.343. The molecule has 0 saturated carbocycles. The summed E-state index contributed by atoms with van der Waals surface area (Å²) in [6, 6.07) is 29.6.